The molecule has 0 spiro atoms. The number of amides is 1. The van der Waals surface area contributed by atoms with E-state index in [0.29, 0.717) is 34.7 Å². The standard InChI is InChI=1S/C25H24N6O2S/c1-16-9-10-19(17(2)13-16)30-22(33)18-7-3-4-8-20(18)31-23(30)28-29-24(31)34-14-21(32)27-25(15-26)11-5-6-12-25/h3-4,7-10,13H,5-6,11-12,14H2,1-2H3,(H,27,32). The Morgan fingerprint density at radius 2 is 1.94 bits per heavy atom. The largest absolute Gasteiger partial charge is 0.337 e. The Bertz CT molecular complexity index is 1520. The maximum atomic E-state index is 13.5. The van der Waals surface area contributed by atoms with Crippen molar-refractivity contribution in [2.45, 2.75) is 50.2 Å². The molecule has 2 aromatic heterocycles. The minimum Gasteiger partial charge on any atom is -0.337 e. The first-order chi connectivity index (χ1) is 16.4. The van der Waals surface area contributed by atoms with Crippen LogP contribution in [-0.4, -0.2) is 36.4 Å². The van der Waals surface area contributed by atoms with Crippen LogP contribution in [0.25, 0.3) is 22.4 Å². The Kier molecular flexibility index (Phi) is 5.62. The van der Waals surface area contributed by atoms with E-state index in [2.05, 4.69) is 21.6 Å². The van der Waals surface area contributed by atoms with Gasteiger partial charge in [0.05, 0.1) is 28.4 Å². The van der Waals surface area contributed by atoms with Crippen molar-refractivity contribution in [3.05, 3.63) is 63.9 Å². The molecular formula is C25H24N6O2S. The Labute approximate surface area is 200 Å². The fourth-order valence-corrected chi connectivity index (χ4v) is 5.46. The van der Waals surface area contributed by atoms with E-state index in [1.54, 1.807) is 10.6 Å². The normalized spacial score (nSPS) is 15.0. The molecular weight excluding hydrogens is 448 g/mol. The lowest BCUT2D eigenvalue weighted by Gasteiger charge is -2.21. The molecule has 0 atom stereocenters. The average molecular weight is 473 g/mol. The summed E-state index contributed by atoms with van der Waals surface area (Å²) in [6.45, 7) is 3.97. The summed E-state index contributed by atoms with van der Waals surface area (Å²) in [5, 5.41) is 22.2. The molecule has 1 fully saturated rings. The molecule has 1 aliphatic carbocycles. The Hall–Kier alpha value is -3.64. The van der Waals surface area contributed by atoms with Crippen molar-refractivity contribution in [3.63, 3.8) is 0 Å². The van der Waals surface area contributed by atoms with Crippen LogP contribution in [0.1, 0.15) is 36.8 Å². The summed E-state index contributed by atoms with van der Waals surface area (Å²) in [4.78, 5) is 26.2. The number of carbonyl (C=O) groups is 1. The number of nitrogens with zero attached hydrogens (tertiary/aromatic N) is 5. The third-order valence-electron chi connectivity index (χ3n) is 6.37. The van der Waals surface area contributed by atoms with Gasteiger partial charge in [0.15, 0.2) is 5.16 Å². The molecule has 5 rings (SSSR count). The monoisotopic (exact) mass is 472 g/mol. The molecule has 2 aromatic carbocycles. The SMILES string of the molecule is Cc1ccc(-n2c(=O)c3ccccc3n3c(SCC(=O)NC4(C#N)CCCC4)nnc23)c(C)c1. The number of nitriles is 1. The molecule has 0 radical (unpaired) electrons. The lowest BCUT2D eigenvalue weighted by molar-refractivity contribution is -0.119. The van der Waals surface area contributed by atoms with Crippen LogP contribution in [0, 0.1) is 25.2 Å². The van der Waals surface area contributed by atoms with E-state index < -0.39 is 5.54 Å². The number of aryl methyl sites for hydroxylation is 2. The predicted molar refractivity (Wildman–Crippen MR) is 131 cm³/mol. The zero-order valence-electron chi connectivity index (χ0n) is 19.0. The highest BCUT2D eigenvalue weighted by Crippen LogP contribution is 2.29. The number of fused-ring (bicyclic) bond motifs is 3. The van der Waals surface area contributed by atoms with Gasteiger partial charge in [-0.25, -0.2) is 4.57 Å². The van der Waals surface area contributed by atoms with Gasteiger partial charge in [-0.15, -0.1) is 10.2 Å². The van der Waals surface area contributed by atoms with Gasteiger partial charge >= 0.3 is 0 Å². The van der Waals surface area contributed by atoms with Crippen LogP contribution in [0.2, 0.25) is 0 Å². The van der Waals surface area contributed by atoms with Crippen molar-refractivity contribution < 1.29 is 4.79 Å². The summed E-state index contributed by atoms with van der Waals surface area (Å²) in [6.07, 6.45) is 3.25. The van der Waals surface area contributed by atoms with Crippen molar-refractivity contribution >= 4 is 34.3 Å². The summed E-state index contributed by atoms with van der Waals surface area (Å²) in [5.74, 6) is 0.279. The predicted octanol–water partition coefficient (Wildman–Crippen LogP) is 3.69. The molecule has 0 saturated heterocycles. The number of nitrogens with one attached hydrogen (secondary N) is 1. The molecule has 1 saturated carbocycles. The van der Waals surface area contributed by atoms with Gasteiger partial charge in [0.25, 0.3) is 5.56 Å². The van der Waals surface area contributed by atoms with E-state index in [9.17, 15) is 14.9 Å². The van der Waals surface area contributed by atoms with E-state index in [0.717, 1.165) is 29.7 Å². The van der Waals surface area contributed by atoms with E-state index in [4.69, 9.17) is 0 Å². The zero-order valence-corrected chi connectivity index (χ0v) is 19.9. The quantitative estimate of drug-likeness (QED) is 0.444. The van der Waals surface area contributed by atoms with Crippen LogP contribution in [0.4, 0.5) is 0 Å². The number of carbonyl (C=O) groups excluding carboxylic acids is 1. The maximum Gasteiger partial charge on any atom is 0.267 e. The summed E-state index contributed by atoms with van der Waals surface area (Å²) < 4.78 is 3.40. The summed E-state index contributed by atoms with van der Waals surface area (Å²) >= 11 is 1.24. The maximum absolute atomic E-state index is 13.5. The van der Waals surface area contributed by atoms with E-state index >= 15 is 0 Å². The van der Waals surface area contributed by atoms with E-state index in [1.165, 1.54) is 11.8 Å². The summed E-state index contributed by atoms with van der Waals surface area (Å²) in [5.41, 5.74) is 2.54. The second-order valence-electron chi connectivity index (χ2n) is 8.80. The molecule has 9 heteroatoms. The lowest BCUT2D eigenvalue weighted by Crippen LogP contribution is -2.45. The van der Waals surface area contributed by atoms with Crippen molar-refractivity contribution in [1.29, 1.82) is 5.26 Å². The molecule has 2 heterocycles. The molecule has 0 aliphatic heterocycles. The highest BCUT2D eigenvalue weighted by atomic mass is 32.2. The Balaban J connectivity index is 1.57. The molecule has 0 unspecified atom stereocenters. The van der Waals surface area contributed by atoms with Crippen LogP contribution >= 0.6 is 11.8 Å². The minimum absolute atomic E-state index is 0.0984. The van der Waals surface area contributed by atoms with Gasteiger partial charge in [-0.2, -0.15) is 5.26 Å². The number of para-hydroxylation sites is 1. The number of hydrogen-bond donors (Lipinski definition) is 1. The number of hydrogen-bond acceptors (Lipinski definition) is 6. The van der Waals surface area contributed by atoms with E-state index in [-0.39, 0.29) is 17.2 Å². The summed E-state index contributed by atoms with van der Waals surface area (Å²) in [7, 11) is 0. The first-order valence-corrected chi connectivity index (χ1v) is 12.2. The molecule has 1 amide bonds. The van der Waals surface area contributed by atoms with Crippen molar-refractivity contribution in [2.75, 3.05) is 5.75 Å². The van der Waals surface area contributed by atoms with Gasteiger partial charge in [0, 0.05) is 0 Å². The fourth-order valence-electron chi connectivity index (χ4n) is 4.72. The smallest absolute Gasteiger partial charge is 0.267 e. The molecule has 4 aromatic rings. The molecule has 0 bridgehead atoms. The zero-order chi connectivity index (χ0) is 23.9. The van der Waals surface area contributed by atoms with Gasteiger partial charge < -0.3 is 5.32 Å². The van der Waals surface area contributed by atoms with Crippen LogP contribution in [0.3, 0.4) is 0 Å². The first-order valence-electron chi connectivity index (χ1n) is 11.2. The fraction of sp³-hybridized carbons (Fsp3) is 0.320. The lowest BCUT2D eigenvalue weighted by atomic mass is 10.0. The minimum atomic E-state index is -0.763. The van der Waals surface area contributed by atoms with Crippen LogP contribution in [0.5, 0.6) is 0 Å². The van der Waals surface area contributed by atoms with Crippen LogP contribution in [-0.2, 0) is 4.79 Å². The highest BCUT2D eigenvalue weighted by Gasteiger charge is 2.35. The highest BCUT2D eigenvalue weighted by molar-refractivity contribution is 7.99. The molecule has 1 aliphatic rings. The topological polar surface area (TPSA) is 105 Å². The Morgan fingerprint density at radius 3 is 2.68 bits per heavy atom. The molecule has 34 heavy (non-hydrogen) atoms. The average Bonchev–Trinajstić information content (AvgIpc) is 3.47. The van der Waals surface area contributed by atoms with Crippen molar-refractivity contribution in [2.24, 2.45) is 0 Å². The second kappa shape index (κ2) is 8.61. The van der Waals surface area contributed by atoms with Gasteiger partial charge in [-0.3, -0.25) is 14.0 Å². The van der Waals surface area contributed by atoms with Crippen molar-refractivity contribution in [1.82, 2.24) is 24.5 Å². The third kappa shape index (κ3) is 3.74. The first kappa shape index (κ1) is 22.2. The van der Waals surface area contributed by atoms with Gasteiger partial charge in [-0.05, 0) is 63.3 Å². The van der Waals surface area contributed by atoms with Crippen LogP contribution in [0.15, 0.2) is 52.4 Å². The second-order valence-corrected chi connectivity index (χ2v) is 9.75. The van der Waals surface area contributed by atoms with Crippen molar-refractivity contribution in [3.8, 4) is 11.8 Å². The van der Waals surface area contributed by atoms with Crippen LogP contribution < -0.4 is 10.9 Å². The van der Waals surface area contributed by atoms with E-state index in [1.807, 2.05) is 54.6 Å². The molecule has 1 N–H and O–H groups in total. The van der Waals surface area contributed by atoms with Gasteiger partial charge in [0.1, 0.15) is 5.54 Å². The summed E-state index contributed by atoms with van der Waals surface area (Å²) in [6, 6.07) is 15.5. The number of thioether (sulfide) groups is 1. The number of rotatable bonds is 5. The number of benzene rings is 2. The number of aromatic nitrogens is 4. The molecule has 172 valence electrons. The molecule has 8 nitrogen and oxygen atoms in total. The Morgan fingerprint density at radius 1 is 1.18 bits per heavy atom. The van der Waals surface area contributed by atoms with Gasteiger partial charge in [0.2, 0.25) is 11.7 Å². The third-order valence-corrected chi connectivity index (χ3v) is 7.30. The van der Waals surface area contributed by atoms with Gasteiger partial charge in [-0.1, -0.05) is 41.6 Å².